The van der Waals surface area contributed by atoms with Gasteiger partial charge < -0.3 is 9.64 Å². The van der Waals surface area contributed by atoms with Crippen molar-refractivity contribution in [2.75, 3.05) is 24.8 Å². The van der Waals surface area contributed by atoms with Crippen LogP contribution in [0.25, 0.3) is 0 Å². The van der Waals surface area contributed by atoms with Crippen LogP contribution in [0.4, 0.5) is 5.69 Å². The van der Waals surface area contributed by atoms with Gasteiger partial charge in [0.15, 0.2) is 0 Å². The van der Waals surface area contributed by atoms with Gasteiger partial charge in [0.1, 0.15) is 11.8 Å². The molecule has 0 amide bonds. The summed E-state index contributed by atoms with van der Waals surface area (Å²) in [5.41, 5.74) is 2.29. The molecule has 0 saturated heterocycles. The van der Waals surface area contributed by atoms with Gasteiger partial charge in [0.25, 0.3) is 0 Å². The van der Waals surface area contributed by atoms with Crippen LogP contribution in [0.5, 0.6) is 5.75 Å². The van der Waals surface area contributed by atoms with Crippen LogP contribution < -0.4 is 9.64 Å². The molecule has 0 aromatic heterocycles. The Balaban J connectivity index is 2.56. The van der Waals surface area contributed by atoms with Crippen LogP contribution in [0.15, 0.2) is 17.0 Å². The smallest absolute Gasteiger partial charge is 0.143 e. The third-order valence-electron chi connectivity index (χ3n) is 2.87. The topological polar surface area (TPSA) is 36.3 Å². The number of nitrogens with zero attached hydrogens (tertiary/aromatic N) is 2. The van der Waals surface area contributed by atoms with Crippen molar-refractivity contribution in [3.63, 3.8) is 0 Å². The first-order chi connectivity index (χ1) is 7.69. The second-order valence-corrected chi connectivity index (χ2v) is 4.86. The average molecular weight is 234 g/mol. The highest BCUT2D eigenvalue weighted by atomic mass is 32.2. The van der Waals surface area contributed by atoms with Gasteiger partial charge in [-0.2, -0.15) is 5.26 Å². The molecule has 1 aromatic carbocycles. The molecule has 3 nitrogen and oxygen atoms in total. The van der Waals surface area contributed by atoms with Crippen molar-refractivity contribution in [3.05, 3.63) is 17.7 Å². The first kappa shape index (κ1) is 11.2. The van der Waals surface area contributed by atoms with E-state index < -0.39 is 0 Å². The summed E-state index contributed by atoms with van der Waals surface area (Å²) < 4.78 is 5.37. The Morgan fingerprint density at radius 2 is 2.31 bits per heavy atom. The molecule has 1 aliphatic rings. The molecular formula is C12H14N2OS. The number of rotatable bonds is 1. The Morgan fingerprint density at radius 3 is 2.94 bits per heavy atom. The Bertz CT molecular complexity index is 453. The number of aryl methyl sites for hydroxylation is 1. The summed E-state index contributed by atoms with van der Waals surface area (Å²) in [5.74, 6) is 1.66. The molecule has 0 spiro atoms. The third kappa shape index (κ3) is 1.61. The maximum Gasteiger partial charge on any atom is 0.143 e. The van der Waals surface area contributed by atoms with Crippen LogP contribution in [-0.2, 0) is 0 Å². The fourth-order valence-electron chi connectivity index (χ4n) is 1.89. The van der Waals surface area contributed by atoms with E-state index >= 15 is 0 Å². The van der Waals surface area contributed by atoms with Gasteiger partial charge in [-0.3, -0.25) is 0 Å². The van der Waals surface area contributed by atoms with Gasteiger partial charge in [0, 0.05) is 17.7 Å². The summed E-state index contributed by atoms with van der Waals surface area (Å²) in [6.07, 6.45) is 0. The number of methoxy groups -OCH3 is 1. The summed E-state index contributed by atoms with van der Waals surface area (Å²) in [4.78, 5) is 3.24. The van der Waals surface area contributed by atoms with Gasteiger partial charge in [-0.25, -0.2) is 0 Å². The van der Waals surface area contributed by atoms with Crippen LogP contribution in [0, 0.1) is 18.3 Å². The van der Waals surface area contributed by atoms with Gasteiger partial charge in [-0.1, -0.05) is 6.07 Å². The average Bonchev–Trinajstić information content (AvgIpc) is 2.31. The second kappa shape index (κ2) is 4.26. The number of hydrogen-bond acceptors (Lipinski definition) is 4. The van der Waals surface area contributed by atoms with E-state index in [0.717, 1.165) is 17.2 Å². The molecule has 0 fully saturated rings. The van der Waals surface area contributed by atoms with E-state index in [4.69, 9.17) is 10.00 Å². The lowest BCUT2D eigenvalue weighted by atomic mass is 10.1. The molecule has 1 aromatic rings. The van der Waals surface area contributed by atoms with Gasteiger partial charge in [0.05, 0.1) is 18.9 Å². The molecule has 84 valence electrons. The molecule has 2 rings (SSSR count). The zero-order valence-corrected chi connectivity index (χ0v) is 10.5. The number of ether oxygens (including phenoxy) is 1. The summed E-state index contributed by atoms with van der Waals surface area (Å²) >= 11 is 1.74. The van der Waals surface area contributed by atoms with E-state index in [2.05, 4.69) is 19.1 Å². The van der Waals surface area contributed by atoms with E-state index in [1.807, 2.05) is 18.0 Å². The Kier molecular flexibility index (Phi) is 2.97. The maximum absolute atomic E-state index is 9.07. The fourth-order valence-corrected chi connectivity index (χ4v) is 3.19. The van der Waals surface area contributed by atoms with E-state index in [0.29, 0.717) is 0 Å². The SMILES string of the molecule is COc1ccc(C)c2c1N(C)C(C#N)CS2. The highest BCUT2D eigenvalue weighted by Gasteiger charge is 2.27. The van der Waals surface area contributed by atoms with Gasteiger partial charge in [-0.15, -0.1) is 11.8 Å². The minimum atomic E-state index is -0.0757. The first-order valence-electron chi connectivity index (χ1n) is 5.12. The normalized spacial score (nSPS) is 18.9. The molecule has 0 radical (unpaired) electrons. The lowest BCUT2D eigenvalue weighted by Crippen LogP contribution is -2.35. The van der Waals surface area contributed by atoms with E-state index in [9.17, 15) is 0 Å². The van der Waals surface area contributed by atoms with Gasteiger partial charge in [0.2, 0.25) is 0 Å². The number of thioether (sulfide) groups is 1. The first-order valence-corrected chi connectivity index (χ1v) is 6.10. The zero-order chi connectivity index (χ0) is 11.7. The van der Waals surface area contributed by atoms with Gasteiger partial charge >= 0.3 is 0 Å². The van der Waals surface area contributed by atoms with Crippen molar-refractivity contribution in [1.82, 2.24) is 0 Å². The largest absolute Gasteiger partial charge is 0.495 e. The summed E-state index contributed by atoms with van der Waals surface area (Å²) in [6, 6.07) is 6.26. The van der Waals surface area contributed by atoms with Crippen molar-refractivity contribution < 1.29 is 4.74 Å². The van der Waals surface area contributed by atoms with Crippen LogP contribution >= 0.6 is 11.8 Å². The number of hydrogen-bond donors (Lipinski definition) is 0. The zero-order valence-electron chi connectivity index (χ0n) is 9.65. The molecule has 1 aliphatic heterocycles. The van der Waals surface area contributed by atoms with Crippen LogP contribution in [0.3, 0.4) is 0 Å². The minimum Gasteiger partial charge on any atom is -0.495 e. The van der Waals surface area contributed by atoms with Crippen LogP contribution in [0.2, 0.25) is 0 Å². The second-order valence-electron chi connectivity index (χ2n) is 3.83. The molecule has 1 atom stereocenters. The molecule has 1 unspecified atom stereocenters. The molecule has 0 aliphatic carbocycles. The number of nitriles is 1. The standard InChI is InChI=1S/C12H14N2OS/c1-8-4-5-10(15-3)11-12(8)16-7-9(6-13)14(11)2/h4-5,9H,7H2,1-3H3. The predicted molar refractivity (Wildman–Crippen MR) is 66.3 cm³/mol. The lowest BCUT2D eigenvalue weighted by molar-refractivity contribution is 0.413. The van der Waals surface area contributed by atoms with Crippen molar-refractivity contribution in [2.24, 2.45) is 0 Å². The number of benzene rings is 1. The Hall–Kier alpha value is -1.34. The summed E-state index contributed by atoms with van der Waals surface area (Å²) in [7, 11) is 3.62. The molecule has 0 saturated carbocycles. The highest BCUT2D eigenvalue weighted by Crippen LogP contribution is 2.44. The van der Waals surface area contributed by atoms with Crippen LogP contribution in [-0.4, -0.2) is 26.0 Å². The van der Waals surface area contributed by atoms with Crippen molar-refractivity contribution in [2.45, 2.75) is 17.9 Å². The quantitative estimate of drug-likeness (QED) is 0.747. The molecule has 4 heteroatoms. The number of fused-ring (bicyclic) bond motifs is 1. The molecule has 1 heterocycles. The van der Waals surface area contributed by atoms with Crippen LogP contribution in [0.1, 0.15) is 5.56 Å². The Labute approximate surface area is 100 Å². The maximum atomic E-state index is 9.07. The van der Waals surface area contributed by atoms with Gasteiger partial charge in [-0.05, 0) is 18.6 Å². The number of anilines is 1. The molecule has 0 N–H and O–H groups in total. The highest BCUT2D eigenvalue weighted by molar-refractivity contribution is 7.99. The lowest BCUT2D eigenvalue weighted by Gasteiger charge is -2.33. The van der Waals surface area contributed by atoms with E-state index in [1.165, 1.54) is 10.5 Å². The molecule has 16 heavy (non-hydrogen) atoms. The van der Waals surface area contributed by atoms with E-state index in [-0.39, 0.29) is 6.04 Å². The third-order valence-corrected chi connectivity index (χ3v) is 4.15. The van der Waals surface area contributed by atoms with Crippen molar-refractivity contribution in [3.8, 4) is 11.8 Å². The predicted octanol–water partition coefficient (Wildman–Crippen LogP) is 2.44. The molecular weight excluding hydrogens is 220 g/mol. The Morgan fingerprint density at radius 1 is 1.56 bits per heavy atom. The summed E-state index contributed by atoms with van der Waals surface area (Å²) in [6.45, 7) is 2.09. The monoisotopic (exact) mass is 234 g/mol. The van der Waals surface area contributed by atoms with Crippen molar-refractivity contribution in [1.29, 1.82) is 5.26 Å². The molecule has 0 bridgehead atoms. The fraction of sp³-hybridized carbons (Fsp3) is 0.417. The van der Waals surface area contributed by atoms with E-state index in [1.54, 1.807) is 18.9 Å². The van der Waals surface area contributed by atoms with Crippen molar-refractivity contribution >= 4 is 17.4 Å². The summed E-state index contributed by atoms with van der Waals surface area (Å²) in [5, 5.41) is 9.07. The minimum absolute atomic E-state index is 0.0757.